The number of carboxylic acids is 1. The Kier molecular flexibility index (Phi) is 6.36. The molecule has 4 heterocycles. The van der Waals surface area contributed by atoms with Crippen LogP contribution in [0, 0.1) is 5.82 Å². The van der Waals surface area contributed by atoms with Crippen LogP contribution < -0.4 is 15.6 Å². The van der Waals surface area contributed by atoms with Gasteiger partial charge in [0.25, 0.3) is 0 Å². The van der Waals surface area contributed by atoms with Gasteiger partial charge in [-0.25, -0.2) is 19.2 Å². The Balaban J connectivity index is 0.00000256. The number of likely N-dealkylation sites (N-methyl/N-ethyl adjacent to an activating group) is 1. The van der Waals surface area contributed by atoms with Crippen LogP contribution >= 0.6 is 23.7 Å². The van der Waals surface area contributed by atoms with Gasteiger partial charge in [-0.1, -0.05) is 0 Å². The van der Waals surface area contributed by atoms with E-state index in [0.29, 0.717) is 18.2 Å². The molecule has 3 aromatic rings. The molecule has 0 aromatic carbocycles. The molecule has 1 fully saturated rings. The van der Waals surface area contributed by atoms with Gasteiger partial charge in [-0.15, -0.1) is 23.7 Å². The van der Waals surface area contributed by atoms with Crippen molar-refractivity contribution in [1.82, 2.24) is 19.9 Å². The Morgan fingerprint density at radius 1 is 1.43 bits per heavy atom. The Hall–Kier alpha value is -2.60. The predicted molar refractivity (Wildman–Crippen MR) is 113 cm³/mol. The van der Waals surface area contributed by atoms with Crippen molar-refractivity contribution in [3.8, 4) is 5.13 Å². The third-order valence-corrected chi connectivity index (χ3v) is 5.78. The Labute approximate surface area is 180 Å². The first kappa shape index (κ1) is 22.1. The van der Waals surface area contributed by atoms with E-state index < -0.39 is 22.8 Å². The summed E-state index contributed by atoms with van der Waals surface area (Å²) >= 11 is 1.25. The number of methoxy groups -OCH3 is 1. The number of anilines is 1. The maximum Gasteiger partial charge on any atom is 0.341 e. The summed E-state index contributed by atoms with van der Waals surface area (Å²) in [6.07, 6.45) is 2.59. The van der Waals surface area contributed by atoms with Gasteiger partial charge in [-0.3, -0.25) is 9.36 Å². The normalized spacial score (nSPS) is 18.6. The maximum atomic E-state index is 14.9. The van der Waals surface area contributed by atoms with Crippen LogP contribution in [0.4, 0.5) is 10.2 Å². The molecule has 9 nitrogen and oxygen atoms in total. The first-order valence-electron chi connectivity index (χ1n) is 8.78. The number of thiazole rings is 1. The predicted octanol–water partition coefficient (Wildman–Crippen LogP) is 1.52. The molecule has 0 saturated carbocycles. The number of nitrogens with zero attached hydrogens (tertiary/aromatic N) is 4. The minimum Gasteiger partial charge on any atom is -0.477 e. The van der Waals surface area contributed by atoms with Gasteiger partial charge in [-0.2, -0.15) is 0 Å². The molecule has 0 unspecified atom stereocenters. The first-order valence-corrected chi connectivity index (χ1v) is 9.66. The molecule has 1 saturated heterocycles. The second-order valence-electron chi connectivity index (χ2n) is 6.60. The summed E-state index contributed by atoms with van der Waals surface area (Å²) in [5.41, 5.74) is -1.12. The quantitative estimate of drug-likeness (QED) is 0.596. The van der Waals surface area contributed by atoms with Crippen LogP contribution in [0.15, 0.2) is 28.6 Å². The molecule has 4 rings (SSSR count). The van der Waals surface area contributed by atoms with Crippen LogP contribution in [0.1, 0.15) is 10.4 Å². The summed E-state index contributed by atoms with van der Waals surface area (Å²) in [4.78, 5) is 34.5. The molecule has 12 heteroatoms. The number of rotatable bonds is 5. The Morgan fingerprint density at radius 3 is 2.77 bits per heavy atom. The van der Waals surface area contributed by atoms with Crippen molar-refractivity contribution >= 4 is 46.6 Å². The fourth-order valence-electron chi connectivity index (χ4n) is 3.53. The van der Waals surface area contributed by atoms with E-state index in [9.17, 15) is 19.1 Å². The number of hydrogen-bond donors (Lipinski definition) is 2. The lowest BCUT2D eigenvalue weighted by Crippen LogP contribution is -2.37. The number of aromatic nitrogens is 3. The largest absolute Gasteiger partial charge is 0.477 e. The van der Waals surface area contributed by atoms with Crippen molar-refractivity contribution in [2.45, 2.75) is 12.1 Å². The number of ether oxygens (including phenoxy) is 1. The number of carboxylic acid groups (broad SMARTS) is 1. The van der Waals surface area contributed by atoms with E-state index in [0.717, 1.165) is 6.07 Å². The lowest BCUT2D eigenvalue weighted by molar-refractivity contribution is 0.0695. The average Bonchev–Trinajstić information content (AvgIpc) is 3.37. The molecule has 2 atom stereocenters. The van der Waals surface area contributed by atoms with Gasteiger partial charge in [0.1, 0.15) is 5.56 Å². The molecule has 0 amide bonds. The van der Waals surface area contributed by atoms with Crippen LogP contribution in [-0.4, -0.2) is 65.0 Å². The fourth-order valence-corrected chi connectivity index (χ4v) is 4.15. The average molecular weight is 456 g/mol. The SMILES string of the molecule is CN[C@H]1CN(c2nc3c(cc2F)c(=O)c(C(=O)O)cn3-c2nccs2)C[C@@H]1OC.Cl. The van der Waals surface area contributed by atoms with Gasteiger partial charge in [0.05, 0.1) is 17.5 Å². The minimum atomic E-state index is -1.40. The Bertz CT molecular complexity index is 1130. The van der Waals surface area contributed by atoms with Gasteiger partial charge in [0, 0.05) is 38.0 Å². The van der Waals surface area contributed by atoms with Crippen LogP contribution in [-0.2, 0) is 4.74 Å². The van der Waals surface area contributed by atoms with E-state index in [1.807, 2.05) is 0 Å². The third kappa shape index (κ3) is 3.65. The van der Waals surface area contributed by atoms with E-state index in [-0.39, 0.29) is 41.4 Å². The standard InChI is InChI=1S/C18H18FN5O4S.ClH/c1-20-12-7-23(8-13(12)28-2)16-11(19)5-9-14(25)10(17(26)27)6-24(15(9)22-16)18-21-3-4-29-18;/h3-6,12-13,20H,7-8H2,1-2H3,(H,26,27);1H/t12-,13-;/m0./s1. The highest BCUT2D eigenvalue weighted by molar-refractivity contribution is 7.12. The maximum absolute atomic E-state index is 14.9. The molecule has 160 valence electrons. The number of hydrogen-bond acceptors (Lipinski definition) is 8. The third-order valence-electron chi connectivity index (χ3n) is 5.01. The zero-order valence-corrected chi connectivity index (χ0v) is 17.7. The summed E-state index contributed by atoms with van der Waals surface area (Å²) < 4.78 is 21.8. The fraction of sp³-hybridized carbons (Fsp3) is 0.333. The van der Waals surface area contributed by atoms with E-state index in [2.05, 4.69) is 15.3 Å². The molecular weight excluding hydrogens is 437 g/mol. The van der Waals surface area contributed by atoms with Gasteiger partial charge in [0.2, 0.25) is 5.43 Å². The summed E-state index contributed by atoms with van der Waals surface area (Å²) in [5, 5.41) is 14.5. The molecule has 1 aliphatic heterocycles. The van der Waals surface area contributed by atoms with Crippen molar-refractivity contribution in [2.75, 3.05) is 32.1 Å². The van der Waals surface area contributed by atoms with E-state index >= 15 is 0 Å². The smallest absolute Gasteiger partial charge is 0.341 e. The highest BCUT2D eigenvalue weighted by Crippen LogP contribution is 2.27. The number of pyridine rings is 2. The molecular formula is C18H19ClFN5O4S. The molecule has 1 aliphatic rings. The van der Waals surface area contributed by atoms with E-state index in [1.165, 1.54) is 22.1 Å². The van der Waals surface area contributed by atoms with Crippen molar-refractivity contribution in [2.24, 2.45) is 0 Å². The second-order valence-corrected chi connectivity index (χ2v) is 7.47. The van der Waals surface area contributed by atoms with Gasteiger partial charge in [0.15, 0.2) is 22.4 Å². The molecule has 0 spiro atoms. The zero-order valence-electron chi connectivity index (χ0n) is 16.0. The summed E-state index contributed by atoms with van der Waals surface area (Å²) in [5.74, 6) is -2.02. The number of aromatic carboxylic acids is 1. The number of fused-ring (bicyclic) bond motifs is 1. The van der Waals surface area contributed by atoms with Crippen molar-refractivity contribution < 1.29 is 19.0 Å². The molecule has 0 radical (unpaired) electrons. The first-order chi connectivity index (χ1) is 13.9. The highest BCUT2D eigenvalue weighted by atomic mass is 35.5. The van der Waals surface area contributed by atoms with Crippen LogP contribution in [0.3, 0.4) is 0 Å². The number of carbonyl (C=O) groups is 1. The Morgan fingerprint density at radius 2 is 2.20 bits per heavy atom. The van der Waals surface area contributed by atoms with E-state index in [1.54, 1.807) is 30.6 Å². The lowest BCUT2D eigenvalue weighted by Gasteiger charge is -2.19. The molecule has 3 aromatic heterocycles. The van der Waals surface area contributed by atoms with Crippen molar-refractivity contribution in [3.63, 3.8) is 0 Å². The molecule has 30 heavy (non-hydrogen) atoms. The zero-order chi connectivity index (χ0) is 20.7. The highest BCUT2D eigenvalue weighted by Gasteiger charge is 2.34. The monoisotopic (exact) mass is 455 g/mol. The number of halogens is 2. The van der Waals surface area contributed by atoms with Gasteiger partial charge in [-0.05, 0) is 13.1 Å². The summed E-state index contributed by atoms with van der Waals surface area (Å²) in [6.45, 7) is 0.894. The molecule has 2 N–H and O–H groups in total. The molecule has 0 aliphatic carbocycles. The second kappa shape index (κ2) is 8.64. The van der Waals surface area contributed by atoms with Crippen molar-refractivity contribution in [1.29, 1.82) is 0 Å². The van der Waals surface area contributed by atoms with E-state index in [4.69, 9.17) is 4.74 Å². The lowest BCUT2D eigenvalue weighted by atomic mass is 10.2. The summed E-state index contributed by atoms with van der Waals surface area (Å²) in [6, 6.07) is 1.04. The topological polar surface area (TPSA) is 110 Å². The van der Waals surface area contributed by atoms with Crippen LogP contribution in [0.25, 0.3) is 16.2 Å². The summed E-state index contributed by atoms with van der Waals surface area (Å²) in [7, 11) is 3.40. The minimum absolute atomic E-state index is 0. The van der Waals surface area contributed by atoms with Crippen LogP contribution in [0.5, 0.6) is 0 Å². The van der Waals surface area contributed by atoms with Crippen LogP contribution in [0.2, 0.25) is 0 Å². The van der Waals surface area contributed by atoms with Crippen molar-refractivity contribution in [3.05, 3.63) is 45.4 Å². The van der Waals surface area contributed by atoms with Gasteiger partial charge >= 0.3 is 5.97 Å². The molecule has 0 bridgehead atoms. The number of nitrogens with one attached hydrogen (secondary N) is 1. The van der Waals surface area contributed by atoms with Gasteiger partial charge < -0.3 is 20.1 Å².